The number of carbonyl (C=O) groups is 4. The lowest BCUT2D eigenvalue weighted by atomic mass is 10.1. The second-order valence-corrected chi connectivity index (χ2v) is 7.69. The molecule has 0 radical (unpaired) electrons. The van der Waals surface area contributed by atoms with Gasteiger partial charge in [0.1, 0.15) is 18.4 Å². The van der Waals surface area contributed by atoms with Gasteiger partial charge in [-0.25, -0.2) is 4.79 Å². The first-order valence-electron chi connectivity index (χ1n) is 10.6. The molecule has 4 rings (SSSR count). The van der Waals surface area contributed by atoms with Crippen LogP contribution in [-0.2, 0) is 16.1 Å². The van der Waals surface area contributed by atoms with Crippen molar-refractivity contribution in [3.63, 3.8) is 0 Å². The summed E-state index contributed by atoms with van der Waals surface area (Å²) in [6, 6.07) is 18.9. The highest BCUT2D eigenvalue weighted by Crippen LogP contribution is 2.25. The van der Waals surface area contributed by atoms with Gasteiger partial charge in [-0.15, -0.1) is 0 Å². The number of nitrogens with zero attached hydrogens (tertiary/aromatic N) is 1. The Morgan fingerprint density at radius 2 is 1.47 bits per heavy atom. The van der Waals surface area contributed by atoms with Crippen LogP contribution < -0.4 is 10.1 Å². The Bertz CT molecular complexity index is 1220. The van der Waals surface area contributed by atoms with Gasteiger partial charge in [0, 0.05) is 11.3 Å². The zero-order valence-electron chi connectivity index (χ0n) is 18.6. The average Bonchev–Trinajstić information content (AvgIpc) is 3.12. The third kappa shape index (κ3) is 4.52. The number of amides is 3. The van der Waals surface area contributed by atoms with Gasteiger partial charge in [-0.3, -0.25) is 19.3 Å². The summed E-state index contributed by atoms with van der Waals surface area (Å²) in [6.45, 7) is 1.39. The Labute approximate surface area is 196 Å². The molecule has 1 aliphatic heterocycles. The minimum absolute atomic E-state index is 0.0628. The summed E-state index contributed by atoms with van der Waals surface area (Å²) in [6.07, 6.45) is 0. The van der Waals surface area contributed by atoms with Crippen LogP contribution in [0.3, 0.4) is 0 Å². The van der Waals surface area contributed by atoms with E-state index < -0.39 is 23.8 Å². The molecule has 0 aliphatic carbocycles. The van der Waals surface area contributed by atoms with Crippen LogP contribution in [0.1, 0.15) is 43.6 Å². The van der Waals surface area contributed by atoms with Crippen LogP contribution in [0.15, 0.2) is 72.8 Å². The summed E-state index contributed by atoms with van der Waals surface area (Å²) in [5.41, 5.74) is 2.27. The molecule has 1 unspecified atom stereocenters. The van der Waals surface area contributed by atoms with Gasteiger partial charge >= 0.3 is 5.97 Å². The van der Waals surface area contributed by atoms with Gasteiger partial charge in [0.25, 0.3) is 17.7 Å². The van der Waals surface area contributed by atoms with E-state index in [2.05, 4.69) is 5.32 Å². The van der Waals surface area contributed by atoms with Crippen molar-refractivity contribution in [2.24, 2.45) is 0 Å². The zero-order chi connectivity index (χ0) is 24.2. The molecule has 3 amide bonds. The number of fused-ring (bicyclic) bond motifs is 1. The molecule has 3 aromatic carbocycles. The maximum atomic E-state index is 12.5. The van der Waals surface area contributed by atoms with E-state index in [4.69, 9.17) is 9.47 Å². The molecule has 3 aromatic rings. The van der Waals surface area contributed by atoms with Gasteiger partial charge in [-0.05, 0) is 61.0 Å². The maximum absolute atomic E-state index is 12.5. The van der Waals surface area contributed by atoms with E-state index in [0.29, 0.717) is 22.6 Å². The van der Waals surface area contributed by atoms with Crippen LogP contribution in [-0.4, -0.2) is 41.7 Å². The highest BCUT2D eigenvalue weighted by atomic mass is 16.5. The molecule has 0 aromatic heterocycles. The summed E-state index contributed by atoms with van der Waals surface area (Å²) >= 11 is 0. The topological polar surface area (TPSA) is 102 Å². The van der Waals surface area contributed by atoms with Crippen molar-refractivity contribution < 1.29 is 28.7 Å². The average molecular weight is 458 g/mol. The molecule has 8 heteroatoms. The van der Waals surface area contributed by atoms with Crippen molar-refractivity contribution in [1.29, 1.82) is 0 Å². The minimum atomic E-state index is -1.07. The first-order chi connectivity index (χ1) is 16.4. The SMILES string of the molecule is COc1ccc(NC(=O)c2ccc(COC(=O)C(C)N3C(=O)c4ccccc4C3=O)cc2)cc1. The fourth-order valence-corrected chi connectivity index (χ4v) is 3.57. The van der Waals surface area contributed by atoms with E-state index in [9.17, 15) is 19.2 Å². The van der Waals surface area contributed by atoms with Crippen LogP contribution >= 0.6 is 0 Å². The molecule has 1 heterocycles. The van der Waals surface area contributed by atoms with Gasteiger partial charge in [-0.2, -0.15) is 0 Å². The highest BCUT2D eigenvalue weighted by Gasteiger charge is 2.41. The predicted octanol–water partition coefficient (Wildman–Crippen LogP) is 3.68. The first kappa shape index (κ1) is 22.7. The van der Waals surface area contributed by atoms with Crippen molar-refractivity contribution >= 4 is 29.4 Å². The molecule has 1 atom stereocenters. The van der Waals surface area contributed by atoms with Gasteiger partial charge in [0.05, 0.1) is 18.2 Å². The number of anilines is 1. The molecule has 172 valence electrons. The summed E-state index contributed by atoms with van der Waals surface area (Å²) in [5, 5.41) is 2.79. The van der Waals surface area contributed by atoms with E-state index in [1.54, 1.807) is 79.9 Å². The second kappa shape index (κ2) is 9.58. The molecule has 0 fully saturated rings. The Morgan fingerprint density at radius 3 is 2.03 bits per heavy atom. The third-order valence-corrected chi connectivity index (χ3v) is 5.50. The molecular weight excluding hydrogens is 436 g/mol. The van der Waals surface area contributed by atoms with Gasteiger partial charge in [0.2, 0.25) is 0 Å². The number of imide groups is 1. The Hall–Kier alpha value is -4.46. The smallest absolute Gasteiger partial charge is 0.329 e. The third-order valence-electron chi connectivity index (χ3n) is 5.50. The normalized spacial score (nSPS) is 13.3. The minimum Gasteiger partial charge on any atom is -0.497 e. The number of ether oxygens (including phenoxy) is 2. The van der Waals surface area contributed by atoms with Gasteiger partial charge in [0.15, 0.2) is 0 Å². The van der Waals surface area contributed by atoms with Crippen LogP contribution in [0.4, 0.5) is 5.69 Å². The Balaban J connectivity index is 1.33. The van der Waals surface area contributed by atoms with Crippen molar-refractivity contribution in [2.75, 3.05) is 12.4 Å². The lowest BCUT2D eigenvalue weighted by Crippen LogP contribution is -2.43. The molecule has 0 spiro atoms. The number of hydrogen-bond acceptors (Lipinski definition) is 6. The quantitative estimate of drug-likeness (QED) is 0.428. The van der Waals surface area contributed by atoms with E-state index in [1.165, 1.54) is 6.92 Å². The lowest BCUT2D eigenvalue weighted by Gasteiger charge is -2.21. The van der Waals surface area contributed by atoms with Gasteiger partial charge in [-0.1, -0.05) is 24.3 Å². The molecule has 34 heavy (non-hydrogen) atoms. The van der Waals surface area contributed by atoms with Crippen LogP contribution in [0.25, 0.3) is 0 Å². The standard InChI is InChI=1S/C26H22N2O6/c1-16(28-24(30)21-5-3-4-6-22(21)25(28)31)26(32)34-15-17-7-9-18(10-8-17)23(29)27-19-11-13-20(33-2)14-12-19/h3-14,16H,15H2,1-2H3,(H,27,29). The molecule has 1 aliphatic rings. The number of carbonyl (C=O) groups excluding carboxylic acids is 4. The maximum Gasteiger partial charge on any atom is 0.329 e. The fraction of sp³-hybridized carbons (Fsp3) is 0.154. The van der Waals surface area contributed by atoms with Crippen molar-refractivity contribution in [2.45, 2.75) is 19.6 Å². The van der Waals surface area contributed by atoms with Gasteiger partial charge < -0.3 is 14.8 Å². The summed E-state index contributed by atoms with van der Waals surface area (Å²) in [5.74, 6) is -1.33. The Morgan fingerprint density at radius 1 is 0.882 bits per heavy atom. The molecule has 1 N–H and O–H groups in total. The number of benzene rings is 3. The van der Waals surface area contributed by atoms with E-state index in [0.717, 1.165) is 4.90 Å². The fourth-order valence-electron chi connectivity index (χ4n) is 3.57. The molecule has 0 saturated heterocycles. The summed E-state index contributed by atoms with van der Waals surface area (Å²) in [7, 11) is 1.57. The number of nitrogens with one attached hydrogen (secondary N) is 1. The zero-order valence-corrected chi connectivity index (χ0v) is 18.6. The largest absolute Gasteiger partial charge is 0.497 e. The molecule has 0 saturated carbocycles. The predicted molar refractivity (Wildman–Crippen MR) is 124 cm³/mol. The van der Waals surface area contributed by atoms with Crippen molar-refractivity contribution in [3.8, 4) is 5.75 Å². The van der Waals surface area contributed by atoms with Crippen LogP contribution in [0, 0.1) is 0 Å². The molecular formula is C26H22N2O6. The number of rotatable bonds is 7. The Kier molecular flexibility index (Phi) is 6.40. The van der Waals surface area contributed by atoms with Crippen molar-refractivity contribution in [1.82, 2.24) is 4.90 Å². The van der Waals surface area contributed by atoms with Crippen LogP contribution in [0.5, 0.6) is 5.75 Å². The summed E-state index contributed by atoms with van der Waals surface area (Å²) < 4.78 is 10.4. The highest BCUT2D eigenvalue weighted by molar-refractivity contribution is 6.22. The van der Waals surface area contributed by atoms with E-state index >= 15 is 0 Å². The van der Waals surface area contributed by atoms with E-state index in [1.807, 2.05) is 0 Å². The molecule has 0 bridgehead atoms. The van der Waals surface area contributed by atoms with E-state index in [-0.39, 0.29) is 23.6 Å². The number of methoxy groups -OCH3 is 1. The lowest BCUT2D eigenvalue weighted by molar-refractivity contribution is -0.149. The monoisotopic (exact) mass is 458 g/mol. The number of hydrogen-bond donors (Lipinski definition) is 1. The second-order valence-electron chi connectivity index (χ2n) is 7.69. The molecule has 8 nitrogen and oxygen atoms in total. The van der Waals surface area contributed by atoms with Crippen molar-refractivity contribution in [3.05, 3.63) is 95.1 Å². The van der Waals surface area contributed by atoms with Crippen LogP contribution in [0.2, 0.25) is 0 Å². The number of esters is 1. The summed E-state index contributed by atoms with van der Waals surface area (Å²) in [4.78, 5) is 51.0. The first-order valence-corrected chi connectivity index (χ1v) is 10.6.